The highest BCUT2D eigenvalue weighted by atomic mass is 32.1. The van der Waals surface area contributed by atoms with Crippen molar-refractivity contribution in [2.24, 2.45) is 0 Å². The summed E-state index contributed by atoms with van der Waals surface area (Å²) in [6.45, 7) is 0. The van der Waals surface area contributed by atoms with Crippen molar-refractivity contribution in [3.05, 3.63) is 139 Å². The van der Waals surface area contributed by atoms with Crippen LogP contribution >= 0.6 is 22.7 Å². The molecule has 0 radical (unpaired) electrons. The Morgan fingerprint density at radius 1 is 0.630 bits per heavy atom. The summed E-state index contributed by atoms with van der Waals surface area (Å²) in [5, 5.41) is 4.07. The molecule has 0 saturated carbocycles. The van der Waals surface area contributed by atoms with Gasteiger partial charge in [0.2, 0.25) is 0 Å². The fraction of sp³-hybridized carbons (Fsp3) is 0.0263. The first-order valence-electron chi connectivity index (χ1n) is 14.6. The summed E-state index contributed by atoms with van der Waals surface area (Å²) in [5.41, 5.74) is 14.0. The molecule has 8 heteroatoms. The molecule has 7 rings (SSSR count). The molecule has 2 aromatic heterocycles. The maximum absolute atomic E-state index is 13.7. The van der Waals surface area contributed by atoms with Crippen LogP contribution in [0.15, 0.2) is 133 Å². The van der Waals surface area contributed by atoms with Crippen LogP contribution in [0.5, 0.6) is 5.75 Å². The Morgan fingerprint density at radius 2 is 1.20 bits per heavy atom. The van der Waals surface area contributed by atoms with E-state index in [-0.39, 0.29) is 5.91 Å². The van der Waals surface area contributed by atoms with Gasteiger partial charge in [-0.25, -0.2) is 9.97 Å². The zero-order valence-corrected chi connectivity index (χ0v) is 26.4. The van der Waals surface area contributed by atoms with E-state index < -0.39 is 0 Å². The molecule has 5 aromatic carbocycles. The molecule has 2 heterocycles. The Kier molecular flexibility index (Phi) is 8.12. The maximum atomic E-state index is 13.7. The van der Waals surface area contributed by atoms with Crippen molar-refractivity contribution in [1.82, 2.24) is 9.97 Å². The van der Waals surface area contributed by atoms with Gasteiger partial charge in [0, 0.05) is 22.3 Å². The molecule has 0 spiro atoms. The molecule has 224 valence electrons. The van der Waals surface area contributed by atoms with Crippen LogP contribution in [0, 0.1) is 0 Å². The van der Waals surface area contributed by atoms with E-state index in [1.807, 2.05) is 97.1 Å². The van der Waals surface area contributed by atoms with E-state index in [0.29, 0.717) is 21.6 Å². The molecule has 1 amide bonds. The van der Waals surface area contributed by atoms with E-state index in [2.05, 4.69) is 40.6 Å². The molecular weight excluding hydrogens is 609 g/mol. The van der Waals surface area contributed by atoms with Gasteiger partial charge in [-0.2, -0.15) is 0 Å². The van der Waals surface area contributed by atoms with Crippen LogP contribution < -0.4 is 15.8 Å². The van der Waals surface area contributed by atoms with Crippen molar-refractivity contribution in [2.75, 3.05) is 18.2 Å². The monoisotopic (exact) mass is 636 g/mol. The third-order valence-electron chi connectivity index (χ3n) is 7.52. The minimum Gasteiger partial charge on any atom is -0.496 e. The topological polar surface area (TPSA) is 90.1 Å². The highest BCUT2D eigenvalue weighted by Crippen LogP contribution is 2.41. The highest BCUT2D eigenvalue weighted by Gasteiger charge is 2.19. The third kappa shape index (κ3) is 5.91. The molecule has 3 N–H and O–H groups in total. The Bertz CT molecular complexity index is 2090. The van der Waals surface area contributed by atoms with Gasteiger partial charge in [-0.05, 0) is 41.0 Å². The number of carbonyl (C=O) groups excluding carboxylic acids is 1. The number of nitrogens with zero attached hydrogens (tertiary/aromatic N) is 2. The van der Waals surface area contributed by atoms with Crippen molar-refractivity contribution in [2.45, 2.75) is 0 Å². The predicted octanol–water partition coefficient (Wildman–Crippen LogP) is 9.78. The van der Waals surface area contributed by atoms with Gasteiger partial charge < -0.3 is 10.5 Å². The van der Waals surface area contributed by atoms with Gasteiger partial charge in [0.05, 0.1) is 28.3 Å². The zero-order chi connectivity index (χ0) is 31.5. The summed E-state index contributed by atoms with van der Waals surface area (Å²) < 4.78 is 5.74. The number of ether oxygens (including phenoxy) is 1. The van der Waals surface area contributed by atoms with E-state index in [0.717, 1.165) is 54.5 Å². The van der Waals surface area contributed by atoms with Crippen LogP contribution in [0.25, 0.3) is 54.5 Å². The van der Waals surface area contributed by atoms with Gasteiger partial charge in [0.1, 0.15) is 5.75 Å². The zero-order valence-electron chi connectivity index (χ0n) is 24.8. The molecule has 46 heavy (non-hydrogen) atoms. The van der Waals surface area contributed by atoms with E-state index in [4.69, 9.17) is 15.5 Å². The normalized spacial score (nSPS) is 10.9. The van der Waals surface area contributed by atoms with Crippen LogP contribution in [0.4, 0.5) is 10.3 Å². The summed E-state index contributed by atoms with van der Waals surface area (Å²) in [4.78, 5) is 25.2. The number of aromatic nitrogens is 2. The SMILES string of the molecule is COc1ccc(C(=O)Nc2nc(-c3ccccc3)c(-c3ccccc3)s2)cc1-c1cccc(-c2nc(N)sc2-c2ccccc2)c1. The third-order valence-corrected chi connectivity index (χ3v) is 9.47. The molecule has 0 fully saturated rings. The van der Waals surface area contributed by atoms with Crippen LogP contribution in [0.2, 0.25) is 0 Å². The van der Waals surface area contributed by atoms with Gasteiger partial charge in [0.25, 0.3) is 5.91 Å². The van der Waals surface area contributed by atoms with Gasteiger partial charge >= 0.3 is 0 Å². The molecule has 0 atom stereocenters. The van der Waals surface area contributed by atoms with Gasteiger partial charge in [-0.15, -0.1) is 0 Å². The smallest absolute Gasteiger partial charge is 0.257 e. The summed E-state index contributed by atoms with van der Waals surface area (Å²) in [6, 6.07) is 43.7. The van der Waals surface area contributed by atoms with Crippen molar-refractivity contribution < 1.29 is 9.53 Å². The molecule has 6 nitrogen and oxygen atoms in total. The van der Waals surface area contributed by atoms with Crippen molar-refractivity contribution >= 4 is 38.8 Å². The number of thiazole rings is 2. The highest BCUT2D eigenvalue weighted by molar-refractivity contribution is 7.19. The van der Waals surface area contributed by atoms with Gasteiger partial charge in [0.15, 0.2) is 10.3 Å². The lowest BCUT2D eigenvalue weighted by molar-refractivity contribution is 0.102. The first-order chi connectivity index (χ1) is 22.6. The molecule has 0 aliphatic carbocycles. The molecular formula is C38H28N4O2S2. The lowest BCUT2D eigenvalue weighted by atomic mass is 9.98. The summed E-state index contributed by atoms with van der Waals surface area (Å²) >= 11 is 2.92. The molecule has 0 aliphatic heterocycles. The Balaban J connectivity index is 1.22. The molecule has 0 unspecified atom stereocenters. The second-order valence-electron chi connectivity index (χ2n) is 10.5. The van der Waals surface area contributed by atoms with Crippen LogP contribution in [0.3, 0.4) is 0 Å². The lowest BCUT2D eigenvalue weighted by Crippen LogP contribution is -2.12. The molecule has 0 aliphatic rings. The van der Waals surface area contributed by atoms with E-state index in [1.54, 1.807) is 13.2 Å². The van der Waals surface area contributed by atoms with Crippen molar-refractivity contribution in [1.29, 1.82) is 0 Å². The van der Waals surface area contributed by atoms with Crippen molar-refractivity contribution in [3.63, 3.8) is 0 Å². The molecule has 0 bridgehead atoms. The minimum absolute atomic E-state index is 0.258. The average molecular weight is 637 g/mol. The second kappa shape index (κ2) is 12.8. The minimum atomic E-state index is -0.258. The lowest BCUT2D eigenvalue weighted by Gasteiger charge is -2.12. The Morgan fingerprint density at radius 3 is 1.85 bits per heavy atom. The fourth-order valence-electron chi connectivity index (χ4n) is 5.35. The fourth-order valence-corrected chi connectivity index (χ4v) is 7.19. The number of carbonyl (C=O) groups is 1. The molecule has 7 aromatic rings. The van der Waals surface area contributed by atoms with Gasteiger partial charge in [-0.1, -0.05) is 132 Å². The summed E-state index contributed by atoms with van der Waals surface area (Å²) in [5.74, 6) is 0.397. The summed E-state index contributed by atoms with van der Waals surface area (Å²) in [6.07, 6.45) is 0. The number of nitrogen functional groups attached to an aromatic ring is 1. The number of methoxy groups -OCH3 is 1. The number of hydrogen-bond acceptors (Lipinski definition) is 7. The second-order valence-corrected chi connectivity index (χ2v) is 12.5. The van der Waals surface area contributed by atoms with E-state index in [1.165, 1.54) is 22.7 Å². The summed E-state index contributed by atoms with van der Waals surface area (Å²) in [7, 11) is 1.63. The number of anilines is 2. The van der Waals surface area contributed by atoms with E-state index in [9.17, 15) is 4.79 Å². The van der Waals surface area contributed by atoms with E-state index >= 15 is 0 Å². The number of rotatable bonds is 8. The first-order valence-corrected chi connectivity index (χ1v) is 16.2. The maximum Gasteiger partial charge on any atom is 0.257 e. The van der Waals surface area contributed by atoms with Crippen molar-refractivity contribution in [3.8, 4) is 60.3 Å². The number of nitrogens with one attached hydrogen (secondary N) is 1. The van der Waals surface area contributed by atoms with Crippen LogP contribution in [0.1, 0.15) is 10.4 Å². The number of amides is 1. The molecule has 0 saturated heterocycles. The number of nitrogens with two attached hydrogens (primary N) is 1. The Labute approximate surface area is 274 Å². The van der Waals surface area contributed by atoms with Gasteiger partial charge in [-0.3, -0.25) is 10.1 Å². The van der Waals surface area contributed by atoms with Crippen LogP contribution in [-0.2, 0) is 0 Å². The predicted molar refractivity (Wildman–Crippen MR) is 190 cm³/mol. The number of hydrogen-bond donors (Lipinski definition) is 2. The number of benzene rings is 5. The Hall–Kier alpha value is -5.57. The quantitative estimate of drug-likeness (QED) is 0.173. The first kappa shape index (κ1) is 29.2. The largest absolute Gasteiger partial charge is 0.496 e. The van der Waals surface area contributed by atoms with Crippen LogP contribution in [-0.4, -0.2) is 23.0 Å². The standard InChI is InChI=1S/C38H28N4O2S2/c1-44-31-21-20-29(36(43)42-38-41-32(24-12-5-2-6-13-24)35(46-38)26-16-9-4-10-17-26)23-30(31)27-18-11-19-28(22-27)33-34(45-37(39)40-33)25-14-7-3-8-15-25/h2-23H,1H3,(H2,39,40)(H,41,42,43). The average Bonchev–Trinajstić information content (AvgIpc) is 3.73.